The van der Waals surface area contributed by atoms with Crippen LogP contribution in [0.25, 0.3) is 0 Å². The molecule has 0 bridgehead atoms. The molecule has 0 aliphatic carbocycles. The lowest BCUT2D eigenvalue weighted by Gasteiger charge is -2.09. The summed E-state index contributed by atoms with van der Waals surface area (Å²) in [6, 6.07) is 6.07. The van der Waals surface area contributed by atoms with Gasteiger partial charge < -0.3 is 19.8 Å². The van der Waals surface area contributed by atoms with Crippen LogP contribution in [-0.4, -0.2) is 28.6 Å². The third-order valence-corrected chi connectivity index (χ3v) is 4.51. The second-order valence-corrected chi connectivity index (χ2v) is 7.10. The molecule has 0 spiro atoms. The number of halogens is 3. The second kappa shape index (κ2) is 8.77. The van der Waals surface area contributed by atoms with Crippen molar-refractivity contribution in [1.82, 2.24) is 15.1 Å². The monoisotopic (exact) mass is 456 g/mol. The first-order valence-electron chi connectivity index (χ1n) is 8.21. The molecule has 0 fully saturated rings. The number of hydrogen-bond acceptors (Lipinski definition) is 5. The van der Waals surface area contributed by atoms with Crippen molar-refractivity contribution in [1.29, 1.82) is 0 Å². The van der Waals surface area contributed by atoms with E-state index in [0.29, 0.717) is 10.8 Å². The fraction of sp³-hybridized carbons (Fsp3) is 0.167. The van der Waals surface area contributed by atoms with Crippen LogP contribution < -0.4 is 15.4 Å². The first-order chi connectivity index (χ1) is 13.8. The standard InChI is InChI=1S/C18H15Cl3N4O4/c1-22-18(27)15-13(7-25(2)24-15)23-17(26)14-4-3-10(29-14)8-28-16-11(20)5-9(19)6-12(16)21/h3-7H,8H2,1-2H3,(H,22,27)(H,23,26). The van der Waals surface area contributed by atoms with E-state index < -0.39 is 11.8 Å². The van der Waals surface area contributed by atoms with Gasteiger partial charge in [0.05, 0.1) is 15.7 Å². The maximum atomic E-state index is 12.4. The minimum atomic E-state index is -0.544. The van der Waals surface area contributed by atoms with E-state index in [1.165, 1.54) is 36.1 Å². The highest BCUT2D eigenvalue weighted by Gasteiger charge is 2.19. The van der Waals surface area contributed by atoms with Crippen molar-refractivity contribution in [3.63, 3.8) is 0 Å². The maximum absolute atomic E-state index is 12.4. The number of amides is 2. The number of aryl methyl sites for hydroxylation is 1. The summed E-state index contributed by atoms with van der Waals surface area (Å²) in [4.78, 5) is 24.3. The number of carbonyl (C=O) groups is 2. The number of ether oxygens (including phenoxy) is 1. The first-order valence-corrected chi connectivity index (χ1v) is 9.35. The maximum Gasteiger partial charge on any atom is 0.291 e. The number of hydrogen-bond donors (Lipinski definition) is 2. The van der Waals surface area contributed by atoms with Crippen LogP contribution in [0, 0.1) is 0 Å². The Labute approximate surface area is 180 Å². The van der Waals surface area contributed by atoms with Gasteiger partial charge in [0.2, 0.25) is 0 Å². The fourth-order valence-electron chi connectivity index (χ4n) is 2.44. The molecule has 3 rings (SSSR count). The molecule has 2 aromatic heterocycles. The average molecular weight is 458 g/mol. The number of furan rings is 1. The van der Waals surface area contributed by atoms with Gasteiger partial charge >= 0.3 is 0 Å². The zero-order valence-electron chi connectivity index (χ0n) is 15.3. The molecule has 0 aliphatic rings. The Balaban J connectivity index is 1.69. The number of rotatable bonds is 6. The lowest BCUT2D eigenvalue weighted by molar-refractivity contribution is 0.0958. The van der Waals surface area contributed by atoms with E-state index >= 15 is 0 Å². The van der Waals surface area contributed by atoms with Crippen molar-refractivity contribution in [3.8, 4) is 5.75 Å². The fourth-order valence-corrected chi connectivity index (χ4v) is 3.36. The highest BCUT2D eigenvalue weighted by atomic mass is 35.5. The molecular weight excluding hydrogens is 443 g/mol. The Kier molecular flexibility index (Phi) is 6.36. The van der Waals surface area contributed by atoms with Gasteiger partial charge in [-0.25, -0.2) is 0 Å². The molecule has 11 heteroatoms. The molecule has 3 aromatic rings. The molecule has 0 radical (unpaired) electrons. The van der Waals surface area contributed by atoms with Crippen LogP contribution in [0.2, 0.25) is 15.1 Å². The van der Waals surface area contributed by atoms with Gasteiger partial charge in [-0.3, -0.25) is 14.3 Å². The van der Waals surface area contributed by atoms with Gasteiger partial charge in [-0.1, -0.05) is 34.8 Å². The molecule has 29 heavy (non-hydrogen) atoms. The molecular formula is C18H15Cl3N4O4. The van der Waals surface area contributed by atoms with Gasteiger partial charge in [0, 0.05) is 25.3 Å². The van der Waals surface area contributed by atoms with E-state index in [-0.39, 0.29) is 39.5 Å². The summed E-state index contributed by atoms with van der Waals surface area (Å²) in [6.45, 7) is -0.00919. The van der Waals surface area contributed by atoms with Gasteiger partial charge in [0.1, 0.15) is 12.4 Å². The smallest absolute Gasteiger partial charge is 0.291 e. The Bertz CT molecular complexity index is 1050. The minimum Gasteiger partial charge on any atom is -0.483 e. The zero-order valence-corrected chi connectivity index (χ0v) is 17.5. The summed E-state index contributed by atoms with van der Waals surface area (Å²) in [7, 11) is 3.11. The molecule has 1 aromatic carbocycles. The Morgan fingerprint density at radius 1 is 1.17 bits per heavy atom. The van der Waals surface area contributed by atoms with Crippen LogP contribution in [-0.2, 0) is 13.7 Å². The Morgan fingerprint density at radius 3 is 2.52 bits per heavy atom. The van der Waals surface area contributed by atoms with Crippen LogP contribution in [0.5, 0.6) is 5.75 Å². The summed E-state index contributed by atoms with van der Waals surface area (Å²) in [6.07, 6.45) is 1.51. The summed E-state index contributed by atoms with van der Waals surface area (Å²) >= 11 is 18.0. The molecule has 0 aliphatic heterocycles. The van der Waals surface area contributed by atoms with E-state index in [9.17, 15) is 9.59 Å². The topological polar surface area (TPSA) is 98.4 Å². The normalized spacial score (nSPS) is 10.7. The first kappa shape index (κ1) is 21.0. The summed E-state index contributed by atoms with van der Waals surface area (Å²) in [5, 5.41) is 9.98. The van der Waals surface area contributed by atoms with Crippen LogP contribution >= 0.6 is 34.8 Å². The molecule has 0 unspecified atom stereocenters. The molecule has 2 N–H and O–H groups in total. The molecule has 0 atom stereocenters. The molecule has 8 nitrogen and oxygen atoms in total. The number of benzene rings is 1. The van der Waals surface area contributed by atoms with Crippen molar-refractivity contribution in [3.05, 3.63) is 62.7 Å². The molecule has 152 valence electrons. The van der Waals surface area contributed by atoms with Crippen molar-refractivity contribution < 1.29 is 18.7 Å². The van der Waals surface area contributed by atoms with E-state index in [0.717, 1.165) is 0 Å². The SMILES string of the molecule is CNC(=O)c1nn(C)cc1NC(=O)c1ccc(COc2c(Cl)cc(Cl)cc2Cl)o1. The zero-order chi connectivity index (χ0) is 21.1. The predicted molar refractivity (Wildman–Crippen MR) is 109 cm³/mol. The van der Waals surface area contributed by atoms with Gasteiger partial charge in [-0.15, -0.1) is 0 Å². The predicted octanol–water partition coefficient (Wildman–Crippen LogP) is 4.16. The number of aromatic nitrogens is 2. The van der Waals surface area contributed by atoms with Gasteiger partial charge in [-0.05, 0) is 24.3 Å². The van der Waals surface area contributed by atoms with E-state index in [4.69, 9.17) is 44.0 Å². The summed E-state index contributed by atoms with van der Waals surface area (Å²) in [5.41, 5.74) is 0.344. The minimum absolute atomic E-state index is 0.00919. The number of nitrogens with one attached hydrogen (secondary N) is 2. The van der Waals surface area contributed by atoms with Crippen molar-refractivity contribution in [2.24, 2.45) is 7.05 Å². The Morgan fingerprint density at radius 2 is 1.86 bits per heavy atom. The molecule has 0 saturated carbocycles. The molecule has 2 amide bonds. The van der Waals surface area contributed by atoms with E-state index in [1.54, 1.807) is 13.1 Å². The van der Waals surface area contributed by atoms with Crippen LogP contribution in [0.1, 0.15) is 26.8 Å². The summed E-state index contributed by atoms with van der Waals surface area (Å²) < 4.78 is 12.5. The van der Waals surface area contributed by atoms with E-state index in [2.05, 4.69) is 15.7 Å². The van der Waals surface area contributed by atoms with Crippen LogP contribution in [0.3, 0.4) is 0 Å². The van der Waals surface area contributed by atoms with E-state index in [1.807, 2.05) is 0 Å². The Hall–Kier alpha value is -2.68. The third-order valence-electron chi connectivity index (χ3n) is 3.73. The van der Waals surface area contributed by atoms with Gasteiger partial charge in [0.25, 0.3) is 11.8 Å². The quantitative estimate of drug-likeness (QED) is 0.579. The molecule has 2 heterocycles. The number of nitrogens with zero attached hydrogens (tertiary/aromatic N) is 2. The van der Waals surface area contributed by atoms with Gasteiger partial charge in [0.15, 0.2) is 17.2 Å². The largest absolute Gasteiger partial charge is 0.483 e. The highest BCUT2D eigenvalue weighted by molar-refractivity contribution is 6.40. The summed E-state index contributed by atoms with van der Waals surface area (Å²) in [5.74, 6) is -0.313. The van der Waals surface area contributed by atoms with Crippen molar-refractivity contribution in [2.75, 3.05) is 12.4 Å². The highest BCUT2D eigenvalue weighted by Crippen LogP contribution is 2.36. The van der Waals surface area contributed by atoms with Crippen LogP contribution in [0.4, 0.5) is 5.69 Å². The van der Waals surface area contributed by atoms with Crippen molar-refractivity contribution in [2.45, 2.75) is 6.61 Å². The van der Waals surface area contributed by atoms with Crippen LogP contribution in [0.15, 0.2) is 34.9 Å². The number of carbonyl (C=O) groups excluding carboxylic acids is 2. The third kappa shape index (κ3) is 4.84. The number of anilines is 1. The lowest BCUT2D eigenvalue weighted by atomic mass is 10.3. The van der Waals surface area contributed by atoms with Gasteiger partial charge in [-0.2, -0.15) is 5.10 Å². The lowest BCUT2D eigenvalue weighted by Crippen LogP contribution is -2.21. The second-order valence-electron chi connectivity index (χ2n) is 5.85. The average Bonchev–Trinajstić information content (AvgIpc) is 3.27. The van der Waals surface area contributed by atoms with Crippen molar-refractivity contribution >= 4 is 52.3 Å². The molecule has 0 saturated heterocycles.